The number of carboxylic acid groups (broad SMARTS) is 1. The zero-order chi connectivity index (χ0) is 14.8. The Kier molecular flexibility index (Phi) is 4.24. The summed E-state index contributed by atoms with van der Waals surface area (Å²) in [5, 5.41) is 9.13. The maximum Gasteiger partial charge on any atom is 0.408 e. The second kappa shape index (κ2) is 5.34. The minimum atomic E-state index is -1.11. The van der Waals surface area contributed by atoms with Crippen LogP contribution < -0.4 is 5.43 Å². The van der Waals surface area contributed by atoms with Gasteiger partial charge in [0.05, 0.1) is 0 Å². The Balaban J connectivity index is 2.77. The SMILES string of the molecule is Cc1ccc(C)n1NC(=O)CN(C(=O)O)C(C)(C)C. The zero-order valence-corrected chi connectivity index (χ0v) is 12.0. The molecule has 0 aromatic carbocycles. The standard InChI is InChI=1S/C13H21N3O3/c1-9-6-7-10(2)16(9)14-11(17)8-15(12(18)19)13(3,4)5/h6-7H,8H2,1-5H3,(H,14,17)(H,18,19). The number of hydrogen-bond donors (Lipinski definition) is 2. The Hall–Kier alpha value is -1.98. The summed E-state index contributed by atoms with van der Waals surface area (Å²) in [6.45, 7) is 8.79. The van der Waals surface area contributed by atoms with Crippen LogP contribution in [0.3, 0.4) is 0 Å². The summed E-state index contributed by atoms with van der Waals surface area (Å²) < 4.78 is 1.64. The normalized spacial score (nSPS) is 11.2. The van der Waals surface area contributed by atoms with Crippen molar-refractivity contribution in [2.45, 2.75) is 40.2 Å². The number of carbonyl (C=O) groups excluding carboxylic acids is 1. The second-order valence-corrected chi connectivity index (χ2v) is 5.53. The molecule has 6 nitrogen and oxygen atoms in total. The van der Waals surface area contributed by atoms with Crippen LogP contribution in [0.1, 0.15) is 32.2 Å². The first-order valence-corrected chi connectivity index (χ1v) is 6.08. The lowest BCUT2D eigenvalue weighted by molar-refractivity contribution is -0.119. The Labute approximate surface area is 113 Å². The number of hydrogen-bond acceptors (Lipinski definition) is 2. The molecule has 1 heterocycles. The van der Waals surface area contributed by atoms with Crippen LogP contribution in [0.15, 0.2) is 12.1 Å². The van der Waals surface area contributed by atoms with Crippen LogP contribution in [-0.2, 0) is 4.79 Å². The van der Waals surface area contributed by atoms with Crippen molar-refractivity contribution in [2.24, 2.45) is 0 Å². The molecule has 106 valence electrons. The Morgan fingerprint density at radius 1 is 1.26 bits per heavy atom. The van der Waals surface area contributed by atoms with Crippen molar-refractivity contribution >= 4 is 12.0 Å². The number of amides is 2. The molecule has 1 aromatic rings. The summed E-state index contributed by atoms with van der Waals surface area (Å²) in [6, 6.07) is 3.77. The molecule has 1 aromatic heterocycles. The van der Waals surface area contributed by atoms with Gasteiger partial charge < -0.3 is 5.11 Å². The lowest BCUT2D eigenvalue weighted by Crippen LogP contribution is -2.49. The van der Waals surface area contributed by atoms with Crippen molar-refractivity contribution in [3.8, 4) is 0 Å². The maximum atomic E-state index is 11.9. The van der Waals surface area contributed by atoms with E-state index in [1.807, 2.05) is 26.0 Å². The van der Waals surface area contributed by atoms with Gasteiger partial charge in [0.15, 0.2) is 0 Å². The van der Waals surface area contributed by atoms with E-state index in [1.165, 1.54) is 0 Å². The minimum absolute atomic E-state index is 0.199. The Bertz CT molecular complexity index is 466. The first-order chi connectivity index (χ1) is 8.62. The molecule has 0 saturated carbocycles. The average molecular weight is 267 g/mol. The molecule has 0 radical (unpaired) electrons. The molecule has 0 aliphatic heterocycles. The van der Waals surface area contributed by atoms with E-state index in [0.717, 1.165) is 16.3 Å². The molecule has 1 rings (SSSR count). The highest BCUT2D eigenvalue weighted by molar-refractivity contribution is 5.88. The number of aromatic nitrogens is 1. The fraction of sp³-hybridized carbons (Fsp3) is 0.538. The van der Waals surface area contributed by atoms with Gasteiger partial charge in [0.1, 0.15) is 6.54 Å². The van der Waals surface area contributed by atoms with Crippen molar-refractivity contribution in [2.75, 3.05) is 12.0 Å². The summed E-state index contributed by atoms with van der Waals surface area (Å²) in [6.07, 6.45) is -1.11. The molecule has 0 spiro atoms. The molecule has 19 heavy (non-hydrogen) atoms. The topological polar surface area (TPSA) is 74.6 Å². The van der Waals surface area contributed by atoms with Crippen LogP contribution in [0, 0.1) is 13.8 Å². The predicted molar refractivity (Wildman–Crippen MR) is 72.8 cm³/mol. The highest BCUT2D eigenvalue weighted by Crippen LogP contribution is 2.13. The summed E-state index contributed by atoms with van der Waals surface area (Å²) in [5.74, 6) is -0.361. The zero-order valence-electron chi connectivity index (χ0n) is 12.0. The molecule has 0 fully saturated rings. The van der Waals surface area contributed by atoms with E-state index in [1.54, 1.807) is 25.4 Å². The van der Waals surface area contributed by atoms with Crippen molar-refractivity contribution in [1.29, 1.82) is 0 Å². The Morgan fingerprint density at radius 3 is 2.11 bits per heavy atom. The molecule has 0 bridgehead atoms. The summed E-state index contributed by atoms with van der Waals surface area (Å²) in [5.41, 5.74) is 3.85. The third kappa shape index (κ3) is 3.74. The van der Waals surface area contributed by atoms with Crippen molar-refractivity contribution < 1.29 is 14.7 Å². The highest BCUT2D eigenvalue weighted by atomic mass is 16.4. The monoisotopic (exact) mass is 267 g/mol. The van der Waals surface area contributed by atoms with E-state index >= 15 is 0 Å². The quantitative estimate of drug-likeness (QED) is 0.879. The Morgan fingerprint density at radius 2 is 1.74 bits per heavy atom. The molecular formula is C13H21N3O3. The average Bonchev–Trinajstić information content (AvgIpc) is 2.55. The fourth-order valence-electron chi connectivity index (χ4n) is 1.74. The van der Waals surface area contributed by atoms with Crippen LogP contribution >= 0.6 is 0 Å². The van der Waals surface area contributed by atoms with Gasteiger partial charge in [0, 0.05) is 16.9 Å². The molecule has 0 atom stereocenters. The minimum Gasteiger partial charge on any atom is -0.465 e. The van der Waals surface area contributed by atoms with E-state index in [0.29, 0.717) is 0 Å². The van der Waals surface area contributed by atoms with E-state index in [2.05, 4.69) is 5.43 Å². The van der Waals surface area contributed by atoms with Gasteiger partial charge in [-0.15, -0.1) is 0 Å². The van der Waals surface area contributed by atoms with E-state index in [-0.39, 0.29) is 12.5 Å². The van der Waals surface area contributed by atoms with Gasteiger partial charge in [0.25, 0.3) is 5.91 Å². The molecule has 0 saturated heterocycles. The van der Waals surface area contributed by atoms with Gasteiger partial charge in [0.2, 0.25) is 0 Å². The number of aryl methyl sites for hydroxylation is 2. The largest absolute Gasteiger partial charge is 0.465 e. The summed E-state index contributed by atoms with van der Waals surface area (Å²) in [7, 11) is 0. The van der Waals surface area contributed by atoms with E-state index in [4.69, 9.17) is 5.11 Å². The predicted octanol–water partition coefficient (Wildman–Crippen LogP) is 1.95. The fourth-order valence-corrected chi connectivity index (χ4v) is 1.74. The smallest absolute Gasteiger partial charge is 0.408 e. The first kappa shape index (κ1) is 15.1. The van der Waals surface area contributed by atoms with Crippen LogP contribution in [0.2, 0.25) is 0 Å². The molecular weight excluding hydrogens is 246 g/mol. The van der Waals surface area contributed by atoms with Crippen LogP contribution in [0.5, 0.6) is 0 Å². The summed E-state index contributed by atoms with van der Waals surface area (Å²) in [4.78, 5) is 24.2. The van der Waals surface area contributed by atoms with Gasteiger partial charge in [-0.1, -0.05) is 0 Å². The lowest BCUT2D eigenvalue weighted by Gasteiger charge is -2.32. The van der Waals surface area contributed by atoms with Crippen LogP contribution in [-0.4, -0.2) is 38.8 Å². The first-order valence-electron chi connectivity index (χ1n) is 6.08. The van der Waals surface area contributed by atoms with Gasteiger partial charge in [-0.2, -0.15) is 0 Å². The van der Waals surface area contributed by atoms with Crippen LogP contribution in [0.25, 0.3) is 0 Å². The molecule has 2 amide bonds. The summed E-state index contributed by atoms with van der Waals surface area (Å²) >= 11 is 0. The number of nitrogens with one attached hydrogen (secondary N) is 1. The van der Waals surface area contributed by atoms with E-state index < -0.39 is 11.6 Å². The molecule has 0 aliphatic carbocycles. The van der Waals surface area contributed by atoms with Crippen molar-refractivity contribution in [3.63, 3.8) is 0 Å². The maximum absolute atomic E-state index is 11.9. The second-order valence-electron chi connectivity index (χ2n) is 5.53. The lowest BCUT2D eigenvalue weighted by atomic mass is 10.1. The third-order valence-corrected chi connectivity index (χ3v) is 2.85. The molecule has 0 unspecified atom stereocenters. The van der Waals surface area contributed by atoms with Gasteiger partial charge >= 0.3 is 6.09 Å². The van der Waals surface area contributed by atoms with Gasteiger partial charge in [-0.05, 0) is 46.8 Å². The number of nitrogens with zero attached hydrogens (tertiary/aromatic N) is 2. The van der Waals surface area contributed by atoms with Gasteiger partial charge in [-0.25, -0.2) is 4.79 Å². The van der Waals surface area contributed by atoms with Crippen molar-refractivity contribution in [1.82, 2.24) is 9.58 Å². The molecule has 6 heteroatoms. The van der Waals surface area contributed by atoms with E-state index in [9.17, 15) is 9.59 Å². The van der Waals surface area contributed by atoms with Crippen LogP contribution in [0.4, 0.5) is 4.79 Å². The number of rotatable bonds is 3. The highest BCUT2D eigenvalue weighted by Gasteiger charge is 2.28. The van der Waals surface area contributed by atoms with Crippen molar-refractivity contribution in [3.05, 3.63) is 23.5 Å². The third-order valence-electron chi connectivity index (χ3n) is 2.85. The van der Waals surface area contributed by atoms with Gasteiger partial charge in [-0.3, -0.25) is 19.8 Å². The molecule has 0 aliphatic rings. The molecule has 2 N–H and O–H groups in total. The number of carbonyl (C=O) groups is 2.